The first-order valence-electron chi connectivity index (χ1n) is 9.48. The highest BCUT2D eigenvalue weighted by Gasteiger charge is 2.31. The van der Waals surface area contributed by atoms with Crippen LogP contribution in [-0.4, -0.2) is 27.6 Å². The van der Waals surface area contributed by atoms with Crippen LogP contribution in [0.15, 0.2) is 60.8 Å². The average Bonchev–Trinajstić information content (AvgIpc) is 3.22. The molecule has 170 valence electrons. The van der Waals surface area contributed by atoms with Gasteiger partial charge in [-0.25, -0.2) is 18.3 Å². The maximum atomic E-state index is 13.7. The Labute approximate surface area is 183 Å². The van der Waals surface area contributed by atoms with E-state index in [1.54, 1.807) is 30.3 Å². The van der Waals surface area contributed by atoms with Crippen molar-refractivity contribution in [2.45, 2.75) is 12.6 Å². The molecule has 0 fully saturated rings. The number of amides is 1. The van der Waals surface area contributed by atoms with Crippen LogP contribution in [0.5, 0.6) is 5.75 Å². The summed E-state index contributed by atoms with van der Waals surface area (Å²) >= 11 is 0. The van der Waals surface area contributed by atoms with E-state index in [2.05, 4.69) is 15.4 Å². The van der Waals surface area contributed by atoms with Gasteiger partial charge in [0, 0.05) is 5.56 Å². The van der Waals surface area contributed by atoms with Crippen LogP contribution < -0.4 is 10.1 Å². The van der Waals surface area contributed by atoms with Crippen LogP contribution in [0.3, 0.4) is 0 Å². The van der Waals surface area contributed by atoms with Crippen LogP contribution in [0.25, 0.3) is 16.9 Å². The van der Waals surface area contributed by atoms with Crippen LogP contribution in [0, 0.1) is 0 Å². The summed E-state index contributed by atoms with van der Waals surface area (Å²) in [4.78, 5) is 17.2. The summed E-state index contributed by atoms with van der Waals surface area (Å²) in [7, 11) is 1.23. The maximum Gasteiger partial charge on any atom is 0.416 e. The highest BCUT2D eigenvalue weighted by Crippen LogP contribution is 2.35. The van der Waals surface area contributed by atoms with Crippen molar-refractivity contribution in [2.24, 2.45) is 0 Å². The second-order valence-corrected chi connectivity index (χ2v) is 6.89. The van der Waals surface area contributed by atoms with Gasteiger partial charge in [0.2, 0.25) is 0 Å². The molecule has 11 heteroatoms. The van der Waals surface area contributed by atoms with Crippen LogP contribution in [0.2, 0.25) is 0 Å². The molecule has 0 unspecified atom stereocenters. The zero-order valence-electron chi connectivity index (χ0n) is 16.9. The van der Waals surface area contributed by atoms with Gasteiger partial charge in [-0.2, -0.15) is 18.3 Å². The van der Waals surface area contributed by atoms with Gasteiger partial charge in [0.25, 0.3) is 12.3 Å². The molecule has 1 N–H and O–H groups in total. The number of methoxy groups -OCH3 is 1. The molecule has 6 nitrogen and oxygen atoms in total. The van der Waals surface area contributed by atoms with Crippen molar-refractivity contribution in [3.63, 3.8) is 0 Å². The molecule has 0 saturated heterocycles. The molecule has 0 radical (unpaired) electrons. The van der Waals surface area contributed by atoms with Gasteiger partial charge in [-0.15, -0.1) is 0 Å². The molecule has 0 aliphatic rings. The quantitative estimate of drug-likeness (QED) is 0.392. The lowest BCUT2D eigenvalue weighted by Crippen LogP contribution is -2.15. The largest absolute Gasteiger partial charge is 0.495 e. The fourth-order valence-electron chi connectivity index (χ4n) is 3.23. The van der Waals surface area contributed by atoms with Gasteiger partial charge in [-0.05, 0) is 24.3 Å². The summed E-state index contributed by atoms with van der Waals surface area (Å²) in [5, 5.41) is 6.17. The SMILES string of the molecule is COc1ccc(C(F)(F)F)cc1NC(=O)c1cnn2c(C(F)F)cc(-c3ccccc3)nc12. The molecule has 2 heterocycles. The first-order valence-corrected chi connectivity index (χ1v) is 9.48. The Morgan fingerprint density at radius 3 is 2.45 bits per heavy atom. The fourth-order valence-corrected chi connectivity index (χ4v) is 3.23. The van der Waals surface area contributed by atoms with E-state index in [-0.39, 0.29) is 28.3 Å². The van der Waals surface area contributed by atoms with E-state index in [1.807, 2.05) is 0 Å². The number of aromatic nitrogens is 3. The monoisotopic (exact) mass is 462 g/mol. The summed E-state index contributed by atoms with van der Waals surface area (Å²) in [6, 6.07) is 12.2. The normalized spacial score (nSPS) is 11.7. The van der Waals surface area contributed by atoms with Crippen molar-refractivity contribution in [3.8, 4) is 17.0 Å². The number of carbonyl (C=O) groups is 1. The molecule has 33 heavy (non-hydrogen) atoms. The number of anilines is 1. The number of carbonyl (C=O) groups excluding carboxylic acids is 1. The number of benzene rings is 2. The molecule has 0 bridgehead atoms. The molecule has 0 aliphatic carbocycles. The number of halogens is 5. The van der Waals surface area contributed by atoms with Gasteiger partial charge >= 0.3 is 6.18 Å². The highest BCUT2D eigenvalue weighted by atomic mass is 19.4. The summed E-state index contributed by atoms with van der Waals surface area (Å²) < 4.78 is 72.5. The lowest BCUT2D eigenvalue weighted by Gasteiger charge is -2.13. The lowest BCUT2D eigenvalue weighted by atomic mass is 10.1. The van der Waals surface area contributed by atoms with E-state index in [1.165, 1.54) is 7.11 Å². The van der Waals surface area contributed by atoms with E-state index < -0.39 is 29.8 Å². The Morgan fingerprint density at radius 1 is 1.09 bits per heavy atom. The predicted molar refractivity (Wildman–Crippen MR) is 109 cm³/mol. The van der Waals surface area contributed by atoms with Gasteiger partial charge < -0.3 is 10.1 Å². The molecule has 4 rings (SSSR count). The number of alkyl halides is 5. The topological polar surface area (TPSA) is 68.5 Å². The molecule has 0 atom stereocenters. The van der Waals surface area contributed by atoms with E-state index in [0.717, 1.165) is 35.0 Å². The van der Waals surface area contributed by atoms with Gasteiger partial charge in [-0.3, -0.25) is 4.79 Å². The average molecular weight is 462 g/mol. The first kappa shape index (κ1) is 22.2. The lowest BCUT2D eigenvalue weighted by molar-refractivity contribution is -0.137. The second kappa shape index (κ2) is 8.49. The third-order valence-electron chi connectivity index (χ3n) is 4.81. The smallest absolute Gasteiger partial charge is 0.416 e. The number of fused-ring (bicyclic) bond motifs is 1. The van der Waals surface area contributed by atoms with Crippen LogP contribution >= 0.6 is 0 Å². The summed E-state index contributed by atoms with van der Waals surface area (Å²) in [6.07, 6.45) is -6.54. The third-order valence-corrected chi connectivity index (χ3v) is 4.81. The van der Waals surface area contributed by atoms with Crippen LogP contribution in [0.1, 0.15) is 28.0 Å². The van der Waals surface area contributed by atoms with E-state index in [0.29, 0.717) is 5.56 Å². The molecule has 0 saturated carbocycles. The van der Waals surface area contributed by atoms with E-state index >= 15 is 0 Å². The number of nitrogens with zero attached hydrogens (tertiary/aromatic N) is 3. The van der Waals surface area contributed by atoms with Gasteiger partial charge in [0.15, 0.2) is 5.65 Å². The van der Waals surface area contributed by atoms with Crippen molar-refractivity contribution in [2.75, 3.05) is 12.4 Å². The molecule has 0 aliphatic heterocycles. The minimum Gasteiger partial charge on any atom is -0.495 e. The third kappa shape index (κ3) is 4.34. The van der Waals surface area contributed by atoms with Crippen molar-refractivity contribution in [1.29, 1.82) is 0 Å². The summed E-state index contributed by atoms with van der Waals surface area (Å²) in [5.41, 5.74) is -1.38. The van der Waals surface area contributed by atoms with Gasteiger partial charge in [0.05, 0.1) is 30.3 Å². The molecular weight excluding hydrogens is 447 g/mol. The van der Waals surface area contributed by atoms with Crippen molar-refractivity contribution < 1.29 is 31.5 Å². The Kier molecular flexibility index (Phi) is 5.71. The first-order chi connectivity index (χ1) is 15.7. The van der Waals surface area contributed by atoms with Crippen molar-refractivity contribution >= 4 is 17.2 Å². The van der Waals surface area contributed by atoms with E-state index in [9.17, 15) is 26.7 Å². The predicted octanol–water partition coefficient (Wildman–Crippen LogP) is 5.61. The Bertz CT molecular complexity index is 1320. The molecule has 4 aromatic rings. The summed E-state index contributed by atoms with van der Waals surface area (Å²) in [5.74, 6) is -0.903. The highest BCUT2D eigenvalue weighted by molar-refractivity contribution is 6.09. The maximum absolute atomic E-state index is 13.7. The van der Waals surface area contributed by atoms with Crippen molar-refractivity contribution in [3.05, 3.63) is 77.6 Å². The molecule has 1 amide bonds. The summed E-state index contributed by atoms with van der Waals surface area (Å²) in [6.45, 7) is 0. The Balaban J connectivity index is 1.79. The van der Waals surface area contributed by atoms with Crippen molar-refractivity contribution in [1.82, 2.24) is 14.6 Å². The minimum absolute atomic E-state index is 0.0148. The molecule has 2 aromatic carbocycles. The molecule has 2 aromatic heterocycles. The van der Waals surface area contributed by atoms with Crippen LogP contribution in [0.4, 0.5) is 27.6 Å². The molecule has 0 spiro atoms. The number of nitrogens with one attached hydrogen (secondary N) is 1. The molecular formula is C22H15F5N4O2. The Morgan fingerprint density at radius 2 is 1.82 bits per heavy atom. The van der Waals surface area contributed by atoms with E-state index in [4.69, 9.17) is 4.74 Å². The zero-order chi connectivity index (χ0) is 23.8. The minimum atomic E-state index is -4.64. The van der Waals surface area contributed by atoms with Gasteiger partial charge in [0.1, 0.15) is 17.0 Å². The number of hydrogen-bond acceptors (Lipinski definition) is 4. The standard InChI is InChI=1S/C22H15F5N4O2/c1-33-18-8-7-13(22(25,26)27)9-16(18)30-21(32)14-11-28-31-17(19(23)24)10-15(29-20(14)31)12-5-3-2-4-6-12/h2-11,19H,1H3,(H,30,32). The second-order valence-electron chi connectivity index (χ2n) is 6.89. The fraction of sp³-hybridized carbons (Fsp3) is 0.136. The number of rotatable bonds is 5. The zero-order valence-corrected chi connectivity index (χ0v) is 16.9. The van der Waals surface area contributed by atoms with Gasteiger partial charge in [-0.1, -0.05) is 30.3 Å². The Hall–Kier alpha value is -4.02. The number of hydrogen-bond donors (Lipinski definition) is 1. The number of ether oxygens (including phenoxy) is 1. The van der Waals surface area contributed by atoms with Crippen LogP contribution in [-0.2, 0) is 6.18 Å².